The zero-order chi connectivity index (χ0) is 23.7. The molecule has 1 heterocycles. The number of carbonyl (C=O) groups excluding carboxylic acids is 1. The molecule has 32 heavy (non-hydrogen) atoms. The van der Waals surface area contributed by atoms with Gasteiger partial charge in [0.2, 0.25) is 0 Å². The number of nitrogens with one attached hydrogen (secondary N) is 1. The summed E-state index contributed by atoms with van der Waals surface area (Å²) in [4.78, 5) is 14.1. The molecule has 5 nitrogen and oxygen atoms in total. The molecule has 0 fully saturated rings. The van der Waals surface area contributed by atoms with Crippen molar-refractivity contribution in [3.05, 3.63) is 94.6 Å². The molecule has 0 saturated carbocycles. The van der Waals surface area contributed by atoms with E-state index in [1.54, 1.807) is 29.7 Å². The molecule has 0 saturated heterocycles. The van der Waals surface area contributed by atoms with Crippen LogP contribution < -0.4 is 5.48 Å². The second kappa shape index (κ2) is 12.2. The summed E-state index contributed by atoms with van der Waals surface area (Å²) in [6, 6.07) is 8.25. The SMILES string of the molecule is CNO.O=Cc1ccc(CN(Cc2cncc(F)c2)Sc2cc(F)c(F)c(F)c2F)cc1. The van der Waals surface area contributed by atoms with E-state index in [4.69, 9.17) is 5.21 Å². The fourth-order valence-corrected chi connectivity index (χ4v) is 3.56. The Morgan fingerprint density at radius 2 is 1.59 bits per heavy atom. The number of nitrogens with zero attached hydrogens (tertiary/aromatic N) is 2. The van der Waals surface area contributed by atoms with Crippen molar-refractivity contribution in [1.29, 1.82) is 0 Å². The molecule has 0 aliphatic rings. The molecule has 11 heteroatoms. The number of carbonyl (C=O) groups is 1. The number of aromatic nitrogens is 1. The molecule has 0 aliphatic heterocycles. The number of halogens is 5. The van der Waals surface area contributed by atoms with Crippen molar-refractivity contribution in [3.8, 4) is 0 Å². The van der Waals surface area contributed by atoms with Gasteiger partial charge in [-0.25, -0.2) is 31.7 Å². The Balaban J connectivity index is 0.00000114. The third kappa shape index (κ3) is 7.09. The molecule has 3 rings (SSSR count). The van der Waals surface area contributed by atoms with Crippen LogP contribution in [0.2, 0.25) is 0 Å². The van der Waals surface area contributed by atoms with Crippen LogP contribution in [-0.4, -0.2) is 27.8 Å². The van der Waals surface area contributed by atoms with Gasteiger partial charge in [0.15, 0.2) is 23.3 Å². The number of rotatable bonds is 7. The van der Waals surface area contributed by atoms with Crippen LogP contribution in [0.3, 0.4) is 0 Å². The Bertz CT molecular complexity index is 1050. The molecule has 1 aromatic heterocycles. The Morgan fingerprint density at radius 1 is 0.969 bits per heavy atom. The van der Waals surface area contributed by atoms with Crippen molar-refractivity contribution in [2.75, 3.05) is 7.05 Å². The zero-order valence-corrected chi connectivity index (χ0v) is 17.5. The lowest BCUT2D eigenvalue weighted by Crippen LogP contribution is -2.16. The lowest BCUT2D eigenvalue weighted by atomic mass is 10.1. The number of benzene rings is 2. The van der Waals surface area contributed by atoms with E-state index in [0.29, 0.717) is 41.0 Å². The monoisotopic (exact) mass is 471 g/mol. The smallest absolute Gasteiger partial charge is 0.198 e. The standard InChI is InChI=1S/C20H13F5N2OS.CH5NO/c21-15-5-14(7-26-8-15)10-27(9-12-1-3-13(11-28)4-2-12)29-17-6-16(22)18(23)20(25)19(17)24;1-2-3/h1-8,11H,9-10H2;2-3H,1H3. The normalized spacial score (nSPS) is 10.6. The molecule has 2 aromatic carbocycles. The van der Waals surface area contributed by atoms with Crippen molar-refractivity contribution in [2.24, 2.45) is 0 Å². The van der Waals surface area contributed by atoms with E-state index in [2.05, 4.69) is 4.98 Å². The molecule has 0 bridgehead atoms. The van der Waals surface area contributed by atoms with Gasteiger partial charge in [0.1, 0.15) is 12.1 Å². The molecule has 2 N–H and O–H groups in total. The molecule has 0 unspecified atom stereocenters. The Labute approximate surface area is 185 Å². The van der Waals surface area contributed by atoms with Gasteiger partial charge in [0.25, 0.3) is 0 Å². The number of aldehydes is 1. The van der Waals surface area contributed by atoms with Gasteiger partial charge in [-0.3, -0.25) is 9.78 Å². The van der Waals surface area contributed by atoms with Gasteiger partial charge in [0.05, 0.1) is 11.1 Å². The lowest BCUT2D eigenvalue weighted by Gasteiger charge is -2.22. The van der Waals surface area contributed by atoms with Crippen LogP contribution >= 0.6 is 11.9 Å². The maximum absolute atomic E-state index is 14.1. The first kappa shape index (κ1) is 25.4. The van der Waals surface area contributed by atoms with Crippen LogP contribution in [0, 0.1) is 29.1 Å². The fraction of sp³-hybridized carbons (Fsp3) is 0.143. The first-order valence-corrected chi connectivity index (χ1v) is 9.76. The minimum atomic E-state index is -1.91. The molecular weight excluding hydrogens is 453 g/mol. The van der Waals surface area contributed by atoms with Gasteiger partial charge in [-0.2, -0.15) is 0 Å². The van der Waals surface area contributed by atoms with Gasteiger partial charge in [-0.05, 0) is 35.2 Å². The van der Waals surface area contributed by atoms with Gasteiger partial charge < -0.3 is 5.21 Å². The van der Waals surface area contributed by atoms with Crippen molar-refractivity contribution < 1.29 is 32.0 Å². The fourth-order valence-electron chi connectivity index (χ4n) is 2.53. The highest BCUT2D eigenvalue weighted by Gasteiger charge is 2.21. The molecule has 0 radical (unpaired) electrons. The van der Waals surface area contributed by atoms with Crippen molar-refractivity contribution >= 4 is 18.2 Å². The van der Waals surface area contributed by atoms with Crippen LogP contribution in [0.5, 0.6) is 0 Å². The van der Waals surface area contributed by atoms with Crippen LogP contribution in [-0.2, 0) is 13.1 Å². The van der Waals surface area contributed by atoms with Crippen LogP contribution in [0.1, 0.15) is 21.5 Å². The van der Waals surface area contributed by atoms with Crippen LogP contribution in [0.4, 0.5) is 22.0 Å². The van der Waals surface area contributed by atoms with E-state index in [1.807, 2.05) is 0 Å². The Hall–Kier alpha value is -2.86. The van der Waals surface area contributed by atoms with Gasteiger partial charge in [-0.1, -0.05) is 24.3 Å². The molecule has 0 aliphatic carbocycles. The summed E-state index contributed by atoms with van der Waals surface area (Å²) in [6.07, 6.45) is 3.09. The summed E-state index contributed by atoms with van der Waals surface area (Å²) < 4.78 is 69.4. The van der Waals surface area contributed by atoms with Crippen molar-refractivity contribution in [1.82, 2.24) is 14.8 Å². The van der Waals surface area contributed by atoms with Crippen LogP contribution in [0.25, 0.3) is 0 Å². The Morgan fingerprint density at radius 3 is 2.19 bits per heavy atom. The average Bonchev–Trinajstić information content (AvgIpc) is 2.77. The summed E-state index contributed by atoms with van der Waals surface area (Å²) in [5.41, 5.74) is 3.34. The average molecular weight is 471 g/mol. The Kier molecular flexibility index (Phi) is 9.72. The van der Waals surface area contributed by atoms with Crippen LogP contribution in [0.15, 0.2) is 53.7 Å². The highest BCUT2D eigenvalue weighted by molar-refractivity contribution is 7.97. The third-order valence-electron chi connectivity index (χ3n) is 3.89. The first-order chi connectivity index (χ1) is 15.3. The van der Waals surface area contributed by atoms with E-state index in [9.17, 15) is 26.7 Å². The van der Waals surface area contributed by atoms with Gasteiger partial charge >= 0.3 is 0 Å². The summed E-state index contributed by atoms with van der Waals surface area (Å²) in [5, 5.41) is 7.32. The maximum atomic E-state index is 14.1. The molecule has 0 amide bonds. The summed E-state index contributed by atoms with van der Waals surface area (Å²) >= 11 is 0.650. The molecule has 170 valence electrons. The van der Waals surface area contributed by atoms with Gasteiger partial charge in [0, 0.05) is 31.9 Å². The number of hydrogen-bond donors (Lipinski definition) is 2. The second-order valence-electron chi connectivity index (χ2n) is 6.28. The second-order valence-corrected chi connectivity index (χ2v) is 7.42. The molecule has 0 atom stereocenters. The predicted octanol–water partition coefficient (Wildman–Crippen LogP) is 4.89. The minimum absolute atomic E-state index is 0.0465. The number of hydroxylamine groups is 1. The number of hydrogen-bond acceptors (Lipinski definition) is 6. The molecule has 3 aromatic rings. The number of pyridine rings is 1. The molecule has 0 spiro atoms. The lowest BCUT2D eigenvalue weighted by molar-refractivity contribution is 0.112. The summed E-state index contributed by atoms with van der Waals surface area (Å²) in [7, 11) is 1.43. The minimum Gasteiger partial charge on any atom is -0.317 e. The van der Waals surface area contributed by atoms with Crippen molar-refractivity contribution in [2.45, 2.75) is 18.0 Å². The summed E-state index contributed by atoms with van der Waals surface area (Å²) in [6.45, 7) is 0.200. The third-order valence-corrected chi connectivity index (χ3v) is 4.90. The van der Waals surface area contributed by atoms with E-state index < -0.39 is 34.0 Å². The topological polar surface area (TPSA) is 65.5 Å². The first-order valence-electron chi connectivity index (χ1n) is 8.99. The largest absolute Gasteiger partial charge is 0.317 e. The quantitative estimate of drug-likeness (QED) is 0.128. The van der Waals surface area contributed by atoms with E-state index in [-0.39, 0.29) is 13.1 Å². The highest BCUT2D eigenvalue weighted by Crippen LogP contribution is 2.32. The predicted molar refractivity (Wildman–Crippen MR) is 108 cm³/mol. The van der Waals surface area contributed by atoms with E-state index in [1.165, 1.54) is 23.6 Å². The van der Waals surface area contributed by atoms with E-state index >= 15 is 0 Å². The highest BCUT2D eigenvalue weighted by atomic mass is 32.2. The maximum Gasteiger partial charge on any atom is 0.198 e. The molecular formula is C21H18F5N3O2S. The zero-order valence-electron chi connectivity index (χ0n) is 16.7. The van der Waals surface area contributed by atoms with Gasteiger partial charge in [-0.15, -0.1) is 0 Å². The summed E-state index contributed by atoms with van der Waals surface area (Å²) in [5.74, 6) is -7.41. The van der Waals surface area contributed by atoms with Crippen molar-refractivity contribution in [3.63, 3.8) is 0 Å². The van der Waals surface area contributed by atoms with E-state index in [0.717, 1.165) is 6.20 Å².